The van der Waals surface area contributed by atoms with Gasteiger partial charge in [-0.2, -0.15) is 0 Å². The Morgan fingerprint density at radius 1 is 1.09 bits per heavy atom. The van der Waals surface area contributed by atoms with Crippen molar-refractivity contribution < 1.29 is 19.4 Å². The van der Waals surface area contributed by atoms with Gasteiger partial charge >= 0.3 is 5.97 Å². The zero-order valence-electron chi connectivity index (χ0n) is 18.3. The van der Waals surface area contributed by atoms with E-state index in [2.05, 4.69) is 20.5 Å². The average Bonchev–Trinajstić information content (AvgIpc) is 3.06. The van der Waals surface area contributed by atoms with E-state index in [1.165, 1.54) is 30.7 Å². The Morgan fingerprint density at radius 3 is 2.38 bits per heavy atom. The number of nitrogens with one attached hydrogen (secondary N) is 1. The molecule has 176 valence electrons. The van der Waals surface area contributed by atoms with Gasteiger partial charge in [0.25, 0.3) is 5.56 Å². The maximum atomic E-state index is 13.5. The molecule has 0 spiro atoms. The smallest absolute Gasteiger partial charge is 0.345 e. The first kappa shape index (κ1) is 23.5. The largest absolute Gasteiger partial charge is 0.506 e. The summed E-state index contributed by atoms with van der Waals surface area (Å²) in [5, 5.41) is 21.2. The van der Waals surface area contributed by atoms with Crippen LogP contribution < -0.4 is 5.56 Å². The second-order valence-electron chi connectivity index (χ2n) is 8.34. The van der Waals surface area contributed by atoms with Gasteiger partial charge in [-0.05, 0) is 61.0 Å². The van der Waals surface area contributed by atoms with E-state index in [4.69, 9.17) is 0 Å². The molecule has 0 unspecified atom stereocenters. The molecule has 1 fully saturated rings. The Bertz CT molecular complexity index is 1460. The second-order valence-corrected chi connectivity index (χ2v) is 8.34. The summed E-state index contributed by atoms with van der Waals surface area (Å²) in [6.45, 7) is 3.03. The molecule has 2 aromatic carbocycles. The van der Waals surface area contributed by atoms with E-state index < -0.39 is 28.7 Å². The van der Waals surface area contributed by atoms with E-state index in [0.29, 0.717) is 11.1 Å². The number of aromatic nitrogens is 2. The second kappa shape index (κ2) is 8.96. The van der Waals surface area contributed by atoms with Crippen molar-refractivity contribution in [3.63, 3.8) is 0 Å². The standard InChI is InChI=1S/C25H22FN3O4.ClH/c1-28-18(13-29-9-2-10-29)12-16-11-15(5-8-19(16)28)22-20(14-3-6-17(26)7-4-14)23(30)21(25(32)33)24(31)27-22;/h3-8,11-12H,2,9-10,13H2,1H3,(H,32,33)(H2,27,30,31);1H. The minimum absolute atomic E-state index is 0. The number of aromatic amines is 1. The van der Waals surface area contributed by atoms with Crippen molar-refractivity contribution in [2.45, 2.75) is 13.0 Å². The van der Waals surface area contributed by atoms with E-state index >= 15 is 0 Å². The Hall–Kier alpha value is -3.62. The zero-order chi connectivity index (χ0) is 23.3. The number of aromatic carboxylic acids is 1. The average molecular weight is 484 g/mol. The summed E-state index contributed by atoms with van der Waals surface area (Å²) in [5.74, 6) is -2.67. The summed E-state index contributed by atoms with van der Waals surface area (Å²) in [7, 11) is 2.01. The number of H-pyrrole nitrogens is 1. The number of likely N-dealkylation sites (tertiary alicyclic amines) is 1. The van der Waals surface area contributed by atoms with Crippen LogP contribution in [-0.4, -0.2) is 43.7 Å². The first-order valence-electron chi connectivity index (χ1n) is 10.6. The molecule has 0 radical (unpaired) electrons. The molecule has 0 atom stereocenters. The maximum absolute atomic E-state index is 13.5. The van der Waals surface area contributed by atoms with Crippen LogP contribution in [0.4, 0.5) is 4.39 Å². The van der Waals surface area contributed by atoms with Crippen molar-refractivity contribution in [2.24, 2.45) is 7.05 Å². The van der Waals surface area contributed by atoms with Crippen LogP contribution in [0.25, 0.3) is 33.3 Å². The van der Waals surface area contributed by atoms with Crippen LogP contribution in [-0.2, 0) is 13.6 Å². The lowest BCUT2D eigenvalue weighted by Crippen LogP contribution is -2.36. The Labute approximate surface area is 200 Å². The molecule has 3 heterocycles. The molecule has 3 N–H and O–H groups in total. The maximum Gasteiger partial charge on any atom is 0.345 e. The Balaban J connectivity index is 0.00000274. The van der Waals surface area contributed by atoms with E-state index in [-0.39, 0.29) is 23.7 Å². The van der Waals surface area contributed by atoms with Crippen molar-refractivity contribution in [1.29, 1.82) is 0 Å². The van der Waals surface area contributed by atoms with Crippen LogP contribution >= 0.6 is 12.4 Å². The van der Waals surface area contributed by atoms with Crippen molar-refractivity contribution in [3.05, 3.63) is 76.0 Å². The summed E-state index contributed by atoms with van der Waals surface area (Å²) in [6.07, 6.45) is 1.21. The van der Waals surface area contributed by atoms with E-state index in [9.17, 15) is 24.2 Å². The van der Waals surface area contributed by atoms with E-state index in [0.717, 1.165) is 36.2 Å². The normalized spacial score (nSPS) is 13.5. The molecular weight excluding hydrogens is 461 g/mol. The van der Waals surface area contributed by atoms with Gasteiger partial charge in [-0.1, -0.05) is 18.2 Å². The van der Waals surface area contributed by atoms with Gasteiger partial charge in [0, 0.05) is 35.8 Å². The molecule has 0 bridgehead atoms. The van der Waals surface area contributed by atoms with E-state index in [1.807, 2.05) is 25.2 Å². The fourth-order valence-electron chi connectivity index (χ4n) is 4.38. The van der Waals surface area contributed by atoms with Crippen molar-refractivity contribution in [3.8, 4) is 28.1 Å². The minimum atomic E-state index is -1.54. The highest BCUT2D eigenvalue weighted by atomic mass is 35.5. The summed E-state index contributed by atoms with van der Waals surface area (Å²) in [5.41, 5.74) is 1.90. The first-order chi connectivity index (χ1) is 15.8. The van der Waals surface area contributed by atoms with Gasteiger partial charge in [0.2, 0.25) is 0 Å². The van der Waals surface area contributed by atoms with Crippen molar-refractivity contribution in [1.82, 2.24) is 14.5 Å². The van der Waals surface area contributed by atoms with Gasteiger partial charge in [-0.3, -0.25) is 9.69 Å². The molecule has 34 heavy (non-hydrogen) atoms. The van der Waals surface area contributed by atoms with Gasteiger partial charge in [-0.15, -0.1) is 12.4 Å². The number of halogens is 2. The summed E-state index contributed by atoms with van der Waals surface area (Å²) in [4.78, 5) is 29.1. The molecule has 5 rings (SSSR count). The van der Waals surface area contributed by atoms with Gasteiger partial charge in [0.05, 0.1) is 5.69 Å². The number of carboxylic acid groups (broad SMARTS) is 1. The highest BCUT2D eigenvalue weighted by molar-refractivity contribution is 5.98. The number of aromatic hydroxyl groups is 1. The molecule has 7 nitrogen and oxygen atoms in total. The van der Waals surface area contributed by atoms with Crippen LogP contribution in [0.15, 0.2) is 53.3 Å². The molecule has 2 aromatic heterocycles. The van der Waals surface area contributed by atoms with Gasteiger partial charge in [0.1, 0.15) is 11.6 Å². The highest BCUT2D eigenvalue weighted by Crippen LogP contribution is 2.39. The predicted octanol–water partition coefficient (Wildman–Crippen LogP) is 4.37. The molecule has 1 aliphatic heterocycles. The fourth-order valence-corrected chi connectivity index (χ4v) is 4.38. The first-order valence-corrected chi connectivity index (χ1v) is 10.6. The number of hydrogen-bond acceptors (Lipinski definition) is 4. The third-order valence-electron chi connectivity index (χ3n) is 6.30. The quantitative estimate of drug-likeness (QED) is 0.391. The number of hydrogen-bond donors (Lipinski definition) is 3. The Kier molecular flexibility index (Phi) is 6.20. The summed E-state index contributed by atoms with van der Waals surface area (Å²) >= 11 is 0. The number of benzene rings is 2. The van der Waals surface area contributed by atoms with Crippen LogP contribution in [0.3, 0.4) is 0 Å². The van der Waals surface area contributed by atoms with Gasteiger partial charge < -0.3 is 19.8 Å². The van der Waals surface area contributed by atoms with Crippen LogP contribution in [0.1, 0.15) is 22.5 Å². The SMILES string of the molecule is Cl.Cn1c(CN2CCC2)cc2cc(-c3[nH]c(=O)c(C(=O)O)c(O)c3-c3ccc(F)cc3)ccc21. The van der Waals surface area contributed by atoms with Crippen LogP contribution in [0.5, 0.6) is 5.75 Å². The molecule has 0 amide bonds. The van der Waals surface area contributed by atoms with Crippen LogP contribution in [0, 0.1) is 5.82 Å². The highest BCUT2D eigenvalue weighted by Gasteiger charge is 2.24. The molecule has 4 aromatic rings. The minimum Gasteiger partial charge on any atom is -0.506 e. The monoisotopic (exact) mass is 483 g/mol. The predicted molar refractivity (Wildman–Crippen MR) is 130 cm³/mol. The number of rotatable bonds is 5. The fraction of sp³-hybridized carbons (Fsp3) is 0.200. The molecule has 1 aliphatic rings. The third kappa shape index (κ3) is 3.95. The lowest BCUT2D eigenvalue weighted by molar-refractivity contribution is 0.0692. The lowest BCUT2D eigenvalue weighted by atomic mass is 9.96. The number of nitrogens with zero attached hydrogens (tertiary/aromatic N) is 2. The molecule has 1 saturated heterocycles. The number of carbonyl (C=O) groups is 1. The molecule has 0 saturated carbocycles. The van der Waals surface area contributed by atoms with Crippen molar-refractivity contribution >= 4 is 29.3 Å². The Morgan fingerprint density at radius 2 is 1.76 bits per heavy atom. The van der Waals surface area contributed by atoms with Crippen LogP contribution in [0.2, 0.25) is 0 Å². The number of pyridine rings is 1. The van der Waals surface area contributed by atoms with Gasteiger partial charge in [0.15, 0.2) is 5.56 Å². The summed E-state index contributed by atoms with van der Waals surface area (Å²) < 4.78 is 15.6. The van der Waals surface area contributed by atoms with E-state index in [1.54, 1.807) is 0 Å². The summed E-state index contributed by atoms with van der Waals surface area (Å²) in [6, 6.07) is 13.0. The molecular formula is C25H23ClFN3O4. The van der Waals surface area contributed by atoms with Crippen molar-refractivity contribution in [2.75, 3.05) is 13.1 Å². The zero-order valence-corrected chi connectivity index (χ0v) is 19.2. The lowest BCUT2D eigenvalue weighted by Gasteiger charge is -2.30. The molecule has 9 heteroatoms. The molecule has 0 aliphatic carbocycles. The third-order valence-corrected chi connectivity index (χ3v) is 6.30. The van der Waals surface area contributed by atoms with Gasteiger partial charge in [-0.25, -0.2) is 9.18 Å². The number of fused-ring (bicyclic) bond motifs is 1. The number of aryl methyl sites for hydroxylation is 1. The number of carboxylic acids is 1. The topological polar surface area (TPSA) is 98.6 Å².